The van der Waals surface area contributed by atoms with E-state index in [4.69, 9.17) is 0 Å². The second kappa shape index (κ2) is 8.52. The Hall–Kier alpha value is -1.79. The van der Waals surface area contributed by atoms with Crippen LogP contribution in [0.2, 0.25) is 0 Å². The van der Waals surface area contributed by atoms with E-state index in [-0.39, 0.29) is 29.0 Å². The number of aromatic amines is 1. The van der Waals surface area contributed by atoms with Gasteiger partial charge in [0.15, 0.2) is 5.03 Å². The summed E-state index contributed by atoms with van der Waals surface area (Å²) in [7, 11) is -3.57. The van der Waals surface area contributed by atoms with Crippen LogP contribution in [0.3, 0.4) is 0 Å². The summed E-state index contributed by atoms with van der Waals surface area (Å²) < 4.78 is 26.3. The summed E-state index contributed by atoms with van der Waals surface area (Å²) in [6.45, 7) is 1.40. The molecular weight excluding hydrogens is 416 g/mol. The molecule has 3 atom stereocenters. The first-order valence-electron chi connectivity index (χ1n) is 9.90. The fourth-order valence-corrected chi connectivity index (χ4v) is 6.99. The van der Waals surface area contributed by atoms with E-state index in [0.29, 0.717) is 37.8 Å². The van der Waals surface area contributed by atoms with Crippen molar-refractivity contribution in [2.75, 3.05) is 31.9 Å². The number of urea groups is 1. The Bertz CT molecular complexity index is 838. The van der Waals surface area contributed by atoms with Crippen molar-refractivity contribution in [1.82, 2.24) is 29.8 Å². The minimum Gasteiger partial charge on any atom is -0.340 e. The van der Waals surface area contributed by atoms with Gasteiger partial charge in [-0.3, -0.25) is 4.79 Å². The zero-order valence-electron chi connectivity index (χ0n) is 16.0. The van der Waals surface area contributed by atoms with Crippen LogP contribution in [0, 0.1) is 0 Å². The van der Waals surface area contributed by atoms with Gasteiger partial charge in [0.1, 0.15) is 0 Å². The van der Waals surface area contributed by atoms with Crippen molar-refractivity contribution in [2.24, 2.45) is 0 Å². The van der Waals surface area contributed by atoms with E-state index in [1.807, 2.05) is 11.8 Å². The summed E-state index contributed by atoms with van der Waals surface area (Å²) >= 11 is 1.88. The number of unbranched alkanes of at least 4 members (excludes halogenated alkanes) is 1. The highest BCUT2D eigenvalue weighted by Gasteiger charge is 2.42. The molecule has 0 unspecified atom stereocenters. The number of hydrogen-bond donors (Lipinski definition) is 3. The van der Waals surface area contributed by atoms with Crippen LogP contribution in [0.4, 0.5) is 4.79 Å². The number of imidazole rings is 1. The number of fused-ring (bicyclic) bond motifs is 1. The summed E-state index contributed by atoms with van der Waals surface area (Å²) in [6.07, 6.45) is 5.84. The van der Waals surface area contributed by atoms with Crippen LogP contribution < -0.4 is 10.6 Å². The molecule has 12 heteroatoms. The molecule has 29 heavy (non-hydrogen) atoms. The number of nitrogens with zero attached hydrogens (tertiary/aromatic N) is 3. The van der Waals surface area contributed by atoms with E-state index >= 15 is 0 Å². The first kappa shape index (κ1) is 20.5. The first-order valence-corrected chi connectivity index (χ1v) is 12.4. The van der Waals surface area contributed by atoms with E-state index in [9.17, 15) is 18.0 Å². The Labute approximate surface area is 174 Å². The second-order valence-corrected chi connectivity index (χ2v) is 10.7. The number of H-pyrrole nitrogens is 1. The average molecular weight is 443 g/mol. The highest BCUT2D eigenvalue weighted by molar-refractivity contribution is 8.00. The molecule has 1 aromatic rings. The van der Waals surface area contributed by atoms with Gasteiger partial charge in [0.2, 0.25) is 5.91 Å². The maximum Gasteiger partial charge on any atom is 0.315 e. The summed E-state index contributed by atoms with van der Waals surface area (Å²) in [4.78, 5) is 32.0. The lowest BCUT2D eigenvalue weighted by Crippen LogP contribution is -2.50. The third kappa shape index (κ3) is 4.38. The van der Waals surface area contributed by atoms with E-state index in [2.05, 4.69) is 20.6 Å². The molecule has 0 radical (unpaired) electrons. The van der Waals surface area contributed by atoms with Gasteiger partial charge >= 0.3 is 6.03 Å². The lowest BCUT2D eigenvalue weighted by Gasteiger charge is -2.33. The third-order valence-electron chi connectivity index (χ3n) is 5.75. The monoisotopic (exact) mass is 442 g/mol. The Morgan fingerprint density at radius 1 is 1.21 bits per heavy atom. The van der Waals surface area contributed by atoms with Gasteiger partial charge in [-0.25, -0.2) is 18.2 Å². The number of nitrogens with one attached hydrogen (secondary N) is 3. The van der Waals surface area contributed by atoms with Crippen molar-refractivity contribution in [3.8, 4) is 0 Å². The predicted octanol–water partition coefficient (Wildman–Crippen LogP) is -0.0316. The molecule has 10 nitrogen and oxygen atoms in total. The second-order valence-electron chi connectivity index (χ2n) is 7.57. The molecule has 3 aliphatic heterocycles. The van der Waals surface area contributed by atoms with Crippen molar-refractivity contribution in [3.63, 3.8) is 0 Å². The Morgan fingerprint density at radius 2 is 2.00 bits per heavy atom. The molecule has 0 spiro atoms. The van der Waals surface area contributed by atoms with Gasteiger partial charge in [-0.1, -0.05) is 6.42 Å². The first-order chi connectivity index (χ1) is 13.9. The van der Waals surface area contributed by atoms with Gasteiger partial charge in [-0.15, -0.1) is 0 Å². The molecule has 4 rings (SSSR count). The standard InChI is InChI=1S/C17H26N6O4S2/c24-15(4-2-1-3-13-16-12(10-28-13)20-17(25)21-16)22-5-7-23(8-6-22)29(26,27)14-9-18-11-19-14/h9,11-13,16H,1-8,10H2,(H,18,19)(H2,20,21,25)/t12-,13-,16-/m0/s1. The summed E-state index contributed by atoms with van der Waals surface area (Å²) in [6, 6.07) is 0.357. The minimum absolute atomic E-state index is 0.0748. The van der Waals surface area contributed by atoms with Crippen LogP contribution in [0.15, 0.2) is 17.6 Å². The van der Waals surface area contributed by atoms with Crippen LogP contribution in [0.1, 0.15) is 25.7 Å². The molecule has 1 aromatic heterocycles. The zero-order chi connectivity index (χ0) is 20.4. The normalized spacial score (nSPS) is 27.5. The van der Waals surface area contributed by atoms with E-state index in [1.54, 1.807) is 4.90 Å². The Kier molecular flexibility index (Phi) is 6.02. The number of piperazine rings is 1. The minimum atomic E-state index is -3.57. The van der Waals surface area contributed by atoms with E-state index < -0.39 is 10.0 Å². The molecule has 3 N–H and O–H groups in total. The molecule has 160 valence electrons. The van der Waals surface area contributed by atoms with Crippen LogP contribution in [0.25, 0.3) is 0 Å². The highest BCUT2D eigenvalue weighted by Crippen LogP contribution is 2.33. The van der Waals surface area contributed by atoms with Crippen molar-refractivity contribution in [3.05, 3.63) is 12.5 Å². The predicted molar refractivity (Wildman–Crippen MR) is 108 cm³/mol. The number of carbonyl (C=O) groups excluding carboxylic acids is 2. The van der Waals surface area contributed by atoms with Crippen LogP contribution in [-0.2, 0) is 14.8 Å². The highest BCUT2D eigenvalue weighted by atomic mass is 32.2. The molecule has 4 heterocycles. The maximum atomic E-state index is 12.5. The van der Waals surface area contributed by atoms with Crippen LogP contribution in [-0.4, -0.2) is 88.8 Å². The number of amides is 3. The fourth-order valence-electron chi connectivity index (χ4n) is 4.12. The van der Waals surface area contributed by atoms with E-state index in [1.165, 1.54) is 16.8 Å². The molecule has 0 saturated carbocycles. The Morgan fingerprint density at radius 3 is 2.72 bits per heavy atom. The van der Waals surface area contributed by atoms with Crippen molar-refractivity contribution < 1.29 is 18.0 Å². The van der Waals surface area contributed by atoms with Crippen molar-refractivity contribution in [1.29, 1.82) is 0 Å². The SMILES string of the molecule is O=C1N[C@H]2[C@H](CS[C@H]2CCCCC(=O)N2CCN(S(=O)(=O)c3cnc[nH]3)CC2)N1. The van der Waals surface area contributed by atoms with Crippen molar-refractivity contribution >= 4 is 33.7 Å². The van der Waals surface area contributed by atoms with Crippen molar-refractivity contribution in [2.45, 2.75) is 48.0 Å². The quantitative estimate of drug-likeness (QED) is 0.402. The number of thioether (sulfide) groups is 1. The van der Waals surface area contributed by atoms with Crippen LogP contribution in [0.5, 0.6) is 0 Å². The van der Waals surface area contributed by atoms with E-state index in [0.717, 1.165) is 25.0 Å². The summed E-state index contributed by atoms with van der Waals surface area (Å²) in [5.41, 5.74) is 0. The zero-order valence-corrected chi connectivity index (χ0v) is 17.7. The molecule has 0 bridgehead atoms. The van der Waals surface area contributed by atoms with Gasteiger partial charge in [0.25, 0.3) is 10.0 Å². The maximum absolute atomic E-state index is 12.5. The van der Waals surface area contributed by atoms with Gasteiger partial charge in [-0.2, -0.15) is 16.1 Å². The van der Waals surface area contributed by atoms with Gasteiger partial charge in [-0.05, 0) is 12.8 Å². The number of rotatable bonds is 7. The summed E-state index contributed by atoms with van der Waals surface area (Å²) in [5, 5.41) is 6.41. The number of aromatic nitrogens is 2. The lowest BCUT2D eigenvalue weighted by molar-refractivity contribution is -0.132. The Balaban J connectivity index is 1.17. The number of carbonyl (C=O) groups is 2. The number of sulfonamides is 1. The molecule has 3 fully saturated rings. The number of hydrogen-bond acceptors (Lipinski definition) is 6. The molecule has 0 aromatic carbocycles. The molecular formula is C17H26N6O4S2. The summed E-state index contributed by atoms with van der Waals surface area (Å²) in [5.74, 6) is 1.02. The molecule has 3 aliphatic rings. The smallest absolute Gasteiger partial charge is 0.315 e. The van der Waals surface area contributed by atoms with Gasteiger partial charge in [0, 0.05) is 43.6 Å². The lowest BCUT2D eigenvalue weighted by atomic mass is 10.0. The van der Waals surface area contributed by atoms with Gasteiger partial charge < -0.3 is 20.5 Å². The third-order valence-corrected chi connectivity index (χ3v) is 9.08. The fraction of sp³-hybridized carbons (Fsp3) is 0.706. The molecule has 3 amide bonds. The van der Waals surface area contributed by atoms with Gasteiger partial charge in [0.05, 0.1) is 24.6 Å². The molecule has 3 saturated heterocycles. The average Bonchev–Trinajstić information content (AvgIpc) is 3.43. The topological polar surface area (TPSA) is 128 Å². The largest absolute Gasteiger partial charge is 0.340 e. The van der Waals surface area contributed by atoms with Crippen LogP contribution >= 0.6 is 11.8 Å². The molecule has 0 aliphatic carbocycles.